The van der Waals surface area contributed by atoms with E-state index in [1.165, 1.54) is 31.2 Å². The van der Waals surface area contributed by atoms with Gasteiger partial charge in [-0.2, -0.15) is 0 Å². The lowest BCUT2D eigenvalue weighted by Gasteiger charge is -2.38. The van der Waals surface area contributed by atoms with E-state index in [1.54, 1.807) is 0 Å². The summed E-state index contributed by atoms with van der Waals surface area (Å²) in [5, 5.41) is 0. The van der Waals surface area contributed by atoms with Crippen LogP contribution in [0, 0.1) is 23.2 Å². The molecule has 1 aromatic rings. The highest BCUT2D eigenvalue weighted by Gasteiger charge is 2.42. The molecule has 0 unspecified atom stereocenters. The number of carbonyl (C=O) groups excluding carboxylic acids is 1. The third-order valence-corrected chi connectivity index (χ3v) is 5.98. The van der Waals surface area contributed by atoms with Gasteiger partial charge in [0, 0.05) is 6.54 Å². The molecule has 2 aliphatic carbocycles. The molecule has 3 nitrogen and oxygen atoms in total. The molecule has 2 aliphatic rings. The molecular formula is C22H33NO2. The Bertz CT molecular complexity index is 617. The first-order chi connectivity index (χ1) is 11.7. The summed E-state index contributed by atoms with van der Waals surface area (Å²) in [6.45, 7) is 6.83. The molecule has 0 N–H and O–H groups in total. The zero-order valence-electron chi connectivity index (χ0n) is 16.4. The Morgan fingerprint density at radius 2 is 1.96 bits per heavy atom. The first-order valence-corrected chi connectivity index (χ1v) is 9.71. The van der Waals surface area contributed by atoms with Crippen molar-refractivity contribution in [1.82, 2.24) is 4.90 Å². The summed E-state index contributed by atoms with van der Waals surface area (Å²) in [6.07, 6.45) is 5.47. The second-order valence-electron chi connectivity index (χ2n) is 9.42. The summed E-state index contributed by atoms with van der Waals surface area (Å²) < 4.78 is 5.65. The Labute approximate surface area is 152 Å². The lowest BCUT2D eigenvalue weighted by atomic mass is 9.69. The van der Waals surface area contributed by atoms with Crippen LogP contribution in [0.4, 0.5) is 0 Å². The van der Waals surface area contributed by atoms with Gasteiger partial charge in [-0.15, -0.1) is 0 Å². The molecule has 0 spiro atoms. The van der Waals surface area contributed by atoms with Crippen molar-refractivity contribution >= 4 is 5.97 Å². The molecule has 4 atom stereocenters. The third kappa shape index (κ3) is 4.25. The van der Waals surface area contributed by atoms with Gasteiger partial charge in [0.15, 0.2) is 0 Å². The van der Waals surface area contributed by atoms with Crippen LogP contribution in [0.5, 0.6) is 5.75 Å². The molecule has 0 radical (unpaired) electrons. The van der Waals surface area contributed by atoms with E-state index in [2.05, 4.69) is 31.1 Å². The van der Waals surface area contributed by atoms with Crippen molar-refractivity contribution < 1.29 is 9.53 Å². The van der Waals surface area contributed by atoms with Gasteiger partial charge < -0.3 is 9.64 Å². The number of benzene rings is 1. The summed E-state index contributed by atoms with van der Waals surface area (Å²) in [5.74, 6) is 3.56. The molecule has 0 heterocycles. The minimum absolute atomic E-state index is 0.168. The van der Waals surface area contributed by atoms with Crippen LogP contribution in [0.15, 0.2) is 24.3 Å². The van der Waals surface area contributed by atoms with Crippen molar-refractivity contribution in [2.45, 2.75) is 52.4 Å². The van der Waals surface area contributed by atoms with Gasteiger partial charge in [-0.1, -0.05) is 18.6 Å². The number of hydrogen-bond acceptors (Lipinski definition) is 3. The zero-order valence-corrected chi connectivity index (χ0v) is 16.4. The highest BCUT2D eigenvalue weighted by atomic mass is 16.5. The standard InChI is InChI=1S/C22H33NO2/c1-22(2,3)21(24)25-18-8-6-7-16(13-18)19-12-15-9-10-17(11-15)20(19)14-23(4)5/h6-8,13,15,17,19-20H,9-12,14H2,1-5H3/t15-,17+,19-,20-/m0/s1. The van der Waals surface area contributed by atoms with Crippen molar-refractivity contribution in [3.63, 3.8) is 0 Å². The molecule has 2 fully saturated rings. The number of nitrogens with zero attached hydrogens (tertiary/aromatic N) is 1. The SMILES string of the molecule is CN(C)C[C@H]1[C@@H]2CC[C@@H](C2)C[C@H]1c1cccc(OC(=O)C(C)(C)C)c1. The maximum absolute atomic E-state index is 12.2. The Hall–Kier alpha value is -1.35. The van der Waals surface area contributed by atoms with Gasteiger partial charge in [0.2, 0.25) is 0 Å². The second kappa shape index (κ2) is 7.11. The highest BCUT2D eigenvalue weighted by molar-refractivity contribution is 5.77. The summed E-state index contributed by atoms with van der Waals surface area (Å²) >= 11 is 0. The number of esters is 1. The van der Waals surface area contributed by atoms with Crippen LogP contribution < -0.4 is 4.74 Å². The Balaban J connectivity index is 1.82. The lowest BCUT2D eigenvalue weighted by molar-refractivity contribution is -0.143. The quantitative estimate of drug-likeness (QED) is 0.585. The zero-order chi connectivity index (χ0) is 18.2. The van der Waals surface area contributed by atoms with Gasteiger partial charge in [-0.3, -0.25) is 4.79 Å². The van der Waals surface area contributed by atoms with E-state index >= 15 is 0 Å². The van der Waals surface area contributed by atoms with E-state index < -0.39 is 5.41 Å². The van der Waals surface area contributed by atoms with E-state index in [-0.39, 0.29) is 5.97 Å². The van der Waals surface area contributed by atoms with Crippen LogP contribution in [0.1, 0.15) is 57.9 Å². The number of fused-ring (bicyclic) bond motifs is 2. The van der Waals surface area contributed by atoms with Crippen LogP contribution in [-0.4, -0.2) is 31.5 Å². The maximum Gasteiger partial charge on any atom is 0.316 e. The summed E-state index contributed by atoms with van der Waals surface area (Å²) in [7, 11) is 4.36. The Morgan fingerprint density at radius 3 is 2.64 bits per heavy atom. The minimum atomic E-state index is -0.479. The van der Waals surface area contributed by atoms with Gasteiger partial charge in [0.1, 0.15) is 5.75 Å². The Morgan fingerprint density at radius 1 is 1.20 bits per heavy atom. The van der Waals surface area contributed by atoms with E-state index in [0.717, 1.165) is 18.4 Å². The molecule has 0 amide bonds. The first-order valence-electron chi connectivity index (χ1n) is 9.71. The monoisotopic (exact) mass is 343 g/mol. The van der Waals surface area contributed by atoms with E-state index in [9.17, 15) is 4.79 Å². The molecule has 25 heavy (non-hydrogen) atoms. The number of ether oxygens (including phenoxy) is 1. The molecule has 1 aromatic carbocycles. The maximum atomic E-state index is 12.2. The van der Waals surface area contributed by atoms with Crippen LogP contribution in [-0.2, 0) is 4.79 Å². The predicted octanol–water partition coefficient (Wildman–Crippen LogP) is 4.72. The first kappa shape index (κ1) is 18.4. The number of hydrogen-bond donors (Lipinski definition) is 0. The average molecular weight is 344 g/mol. The van der Waals surface area contributed by atoms with Crippen molar-refractivity contribution in [3.8, 4) is 5.75 Å². The Kier molecular flexibility index (Phi) is 5.24. The van der Waals surface area contributed by atoms with Gasteiger partial charge in [0.05, 0.1) is 5.41 Å². The van der Waals surface area contributed by atoms with Gasteiger partial charge in [-0.25, -0.2) is 0 Å². The predicted molar refractivity (Wildman–Crippen MR) is 102 cm³/mol. The largest absolute Gasteiger partial charge is 0.426 e. The highest BCUT2D eigenvalue weighted by Crippen LogP contribution is 2.52. The molecule has 3 heteroatoms. The topological polar surface area (TPSA) is 29.5 Å². The lowest BCUT2D eigenvalue weighted by Crippen LogP contribution is -2.34. The summed E-state index contributed by atoms with van der Waals surface area (Å²) in [4.78, 5) is 14.5. The van der Waals surface area contributed by atoms with Crippen molar-refractivity contribution in [1.29, 1.82) is 0 Å². The number of rotatable bonds is 4. The molecule has 0 aromatic heterocycles. The molecule has 2 saturated carbocycles. The van der Waals surface area contributed by atoms with Crippen molar-refractivity contribution in [3.05, 3.63) is 29.8 Å². The van der Waals surface area contributed by atoms with Gasteiger partial charge >= 0.3 is 5.97 Å². The normalized spacial score (nSPS) is 29.0. The van der Waals surface area contributed by atoms with E-state index in [0.29, 0.717) is 17.6 Å². The average Bonchev–Trinajstić information content (AvgIpc) is 2.92. The summed E-state index contributed by atoms with van der Waals surface area (Å²) in [6, 6.07) is 8.30. The third-order valence-electron chi connectivity index (χ3n) is 5.98. The molecule has 3 rings (SSSR count). The molecule has 2 bridgehead atoms. The van der Waals surface area contributed by atoms with Crippen molar-refractivity contribution in [2.75, 3.05) is 20.6 Å². The molecule has 0 saturated heterocycles. The fraction of sp³-hybridized carbons (Fsp3) is 0.682. The minimum Gasteiger partial charge on any atom is -0.426 e. The van der Waals surface area contributed by atoms with Crippen molar-refractivity contribution in [2.24, 2.45) is 23.2 Å². The van der Waals surface area contributed by atoms with Crippen LogP contribution >= 0.6 is 0 Å². The molecule has 0 aliphatic heterocycles. The van der Waals surface area contributed by atoms with Gasteiger partial charge in [0.25, 0.3) is 0 Å². The molecule has 138 valence electrons. The number of carbonyl (C=O) groups is 1. The van der Waals surface area contributed by atoms with Crippen LogP contribution in [0.2, 0.25) is 0 Å². The fourth-order valence-electron chi connectivity index (χ4n) is 4.73. The molecular weight excluding hydrogens is 310 g/mol. The van der Waals surface area contributed by atoms with E-state index in [1.807, 2.05) is 32.9 Å². The fourth-order valence-corrected chi connectivity index (χ4v) is 4.73. The van der Waals surface area contributed by atoms with Crippen LogP contribution in [0.25, 0.3) is 0 Å². The van der Waals surface area contributed by atoms with Crippen LogP contribution in [0.3, 0.4) is 0 Å². The smallest absolute Gasteiger partial charge is 0.316 e. The van der Waals surface area contributed by atoms with E-state index in [4.69, 9.17) is 4.74 Å². The second-order valence-corrected chi connectivity index (χ2v) is 9.42. The van der Waals surface area contributed by atoms with Gasteiger partial charge in [-0.05, 0) is 95.5 Å². The summed E-state index contributed by atoms with van der Waals surface area (Å²) in [5.41, 5.74) is 0.871.